The van der Waals surface area contributed by atoms with Gasteiger partial charge in [-0.1, -0.05) is 79.9 Å². The van der Waals surface area contributed by atoms with Crippen LogP contribution >= 0.6 is 35.0 Å². The lowest BCUT2D eigenvalue weighted by molar-refractivity contribution is -0.124. The summed E-state index contributed by atoms with van der Waals surface area (Å²) in [4.78, 5) is 13.3. The molecule has 0 aromatic heterocycles. The van der Waals surface area contributed by atoms with Gasteiger partial charge in [0.05, 0.1) is 4.90 Å². The largest absolute Gasteiger partial charge is 0.274 e. The van der Waals surface area contributed by atoms with Gasteiger partial charge in [-0.3, -0.25) is 4.79 Å². The van der Waals surface area contributed by atoms with Gasteiger partial charge in [0, 0.05) is 11.2 Å². The third-order valence-corrected chi connectivity index (χ3v) is 10.3. The molecular weight excluding hydrogens is 449 g/mol. The van der Waals surface area contributed by atoms with Crippen molar-refractivity contribution in [2.75, 3.05) is 0 Å². The molecule has 1 aromatic rings. The highest BCUT2D eigenvalue weighted by Crippen LogP contribution is 2.52. The first-order valence-electron chi connectivity index (χ1n) is 10.4. The fourth-order valence-corrected chi connectivity index (χ4v) is 8.73. The Morgan fingerprint density at radius 3 is 2.34 bits per heavy atom. The van der Waals surface area contributed by atoms with Gasteiger partial charge in [-0.2, -0.15) is 0 Å². The molecule has 1 aliphatic heterocycles. The molecule has 0 bridgehead atoms. The molecule has 1 saturated carbocycles. The van der Waals surface area contributed by atoms with Crippen LogP contribution in [0, 0.1) is 12.8 Å². The number of carbonyl (C=O) groups excluding carboxylic acids is 1. The summed E-state index contributed by atoms with van der Waals surface area (Å²) in [6.45, 7) is 3.95. The van der Waals surface area contributed by atoms with E-state index in [1.807, 2.05) is 6.92 Å². The Morgan fingerprint density at radius 1 is 1.14 bits per heavy atom. The van der Waals surface area contributed by atoms with Crippen LogP contribution in [0.3, 0.4) is 0 Å². The molecule has 2 atom stereocenters. The van der Waals surface area contributed by atoms with Gasteiger partial charge in [0.2, 0.25) is 4.33 Å². The number of thioether (sulfide) groups is 1. The molecule has 0 unspecified atom stereocenters. The van der Waals surface area contributed by atoms with Gasteiger partial charge in [0.25, 0.3) is 15.9 Å². The van der Waals surface area contributed by atoms with Crippen molar-refractivity contribution in [3.05, 3.63) is 29.8 Å². The molecule has 162 valence electrons. The molecule has 0 radical (unpaired) electrons. The summed E-state index contributed by atoms with van der Waals surface area (Å²) in [5, 5.41) is -0.248. The SMILES string of the molecule is CCCC[C@@H]1[C@H](SC2CCCCC2)N(S(=O)(=O)c2ccc(C)cc2)C(=O)C1(Cl)Cl. The van der Waals surface area contributed by atoms with Crippen LogP contribution < -0.4 is 0 Å². The first-order chi connectivity index (χ1) is 13.7. The van der Waals surface area contributed by atoms with E-state index < -0.39 is 31.6 Å². The number of amides is 1. The monoisotopic (exact) mass is 477 g/mol. The van der Waals surface area contributed by atoms with Gasteiger partial charge in [0.15, 0.2) is 0 Å². The number of halogens is 2. The highest BCUT2D eigenvalue weighted by molar-refractivity contribution is 8.01. The standard InChI is InChI=1S/C21H29Cl2NO3S2/c1-3-4-10-18-19(28-16-8-6-5-7-9-16)24(20(25)21(18,22)23)29(26,27)17-13-11-15(2)12-14-17/h11-14,16,18-19H,3-10H2,1-2H3/t18-,19+/m1/s1. The van der Waals surface area contributed by atoms with E-state index in [0.717, 1.165) is 48.4 Å². The number of rotatable bonds is 7. The van der Waals surface area contributed by atoms with Crippen LogP contribution in [0.5, 0.6) is 0 Å². The van der Waals surface area contributed by atoms with E-state index in [1.165, 1.54) is 6.42 Å². The molecule has 0 spiro atoms. The number of nitrogens with zero attached hydrogens (tertiary/aromatic N) is 1. The zero-order valence-corrected chi connectivity index (χ0v) is 20.1. The molecule has 4 nitrogen and oxygen atoms in total. The van der Waals surface area contributed by atoms with E-state index in [4.69, 9.17) is 23.2 Å². The van der Waals surface area contributed by atoms with Crippen molar-refractivity contribution in [1.29, 1.82) is 0 Å². The number of unbranched alkanes of at least 4 members (excludes halogenated alkanes) is 1. The van der Waals surface area contributed by atoms with Gasteiger partial charge in [-0.15, -0.1) is 11.8 Å². The molecule has 1 amide bonds. The Morgan fingerprint density at radius 2 is 1.76 bits per heavy atom. The molecule has 8 heteroatoms. The van der Waals surface area contributed by atoms with Crippen LogP contribution in [0.15, 0.2) is 29.2 Å². The lowest BCUT2D eigenvalue weighted by Gasteiger charge is -2.32. The van der Waals surface area contributed by atoms with E-state index in [1.54, 1.807) is 36.0 Å². The molecule has 0 N–H and O–H groups in total. The average molecular weight is 479 g/mol. The first kappa shape index (κ1) is 23.2. The van der Waals surface area contributed by atoms with Gasteiger partial charge in [-0.25, -0.2) is 12.7 Å². The minimum Gasteiger partial charge on any atom is -0.270 e. The van der Waals surface area contributed by atoms with Crippen molar-refractivity contribution in [2.24, 2.45) is 5.92 Å². The summed E-state index contributed by atoms with van der Waals surface area (Å²) in [5.41, 5.74) is 0.953. The summed E-state index contributed by atoms with van der Waals surface area (Å²) in [7, 11) is -4.04. The molecule has 3 rings (SSSR count). The molecule has 2 aliphatic rings. The van der Waals surface area contributed by atoms with Crippen molar-refractivity contribution >= 4 is 50.9 Å². The zero-order valence-electron chi connectivity index (χ0n) is 16.9. The van der Waals surface area contributed by atoms with Crippen LogP contribution in [0.25, 0.3) is 0 Å². The van der Waals surface area contributed by atoms with Crippen molar-refractivity contribution in [3.63, 3.8) is 0 Å². The minimum atomic E-state index is -4.04. The first-order valence-corrected chi connectivity index (χ1v) is 13.5. The Hall–Kier alpha value is -0.430. The second-order valence-electron chi connectivity index (χ2n) is 8.08. The number of alkyl halides is 2. The molecular formula is C21H29Cl2NO3S2. The molecule has 1 aromatic carbocycles. The van der Waals surface area contributed by atoms with Crippen molar-refractivity contribution < 1.29 is 13.2 Å². The van der Waals surface area contributed by atoms with E-state index >= 15 is 0 Å². The highest BCUT2D eigenvalue weighted by Gasteiger charge is 2.61. The minimum absolute atomic E-state index is 0.103. The third-order valence-electron chi connectivity index (χ3n) is 5.86. The van der Waals surface area contributed by atoms with Crippen LogP contribution in [0.4, 0.5) is 0 Å². The van der Waals surface area contributed by atoms with Crippen LogP contribution in [-0.4, -0.2) is 33.6 Å². The normalized spacial score (nSPS) is 25.5. The van der Waals surface area contributed by atoms with Crippen LogP contribution in [0.1, 0.15) is 63.9 Å². The second kappa shape index (κ2) is 9.37. The number of aryl methyl sites for hydroxylation is 1. The number of sulfonamides is 1. The lowest BCUT2D eigenvalue weighted by atomic mass is 10.00. The lowest BCUT2D eigenvalue weighted by Crippen LogP contribution is -2.40. The summed E-state index contributed by atoms with van der Waals surface area (Å²) >= 11 is 14.7. The van der Waals surface area contributed by atoms with E-state index in [-0.39, 0.29) is 4.90 Å². The van der Waals surface area contributed by atoms with Crippen molar-refractivity contribution in [1.82, 2.24) is 4.31 Å². The predicted molar refractivity (Wildman–Crippen MR) is 121 cm³/mol. The molecule has 1 heterocycles. The highest BCUT2D eigenvalue weighted by atomic mass is 35.5. The number of hydrogen-bond donors (Lipinski definition) is 0. The van der Waals surface area contributed by atoms with Crippen molar-refractivity contribution in [2.45, 2.75) is 85.1 Å². The summed E-state index contributed by atoms with van der Waals surface area (Å²) in [6, 6.07) is 6.56. The second-order valence-corrected chi connectivity index (χ2v) is 12.7. The molecule has 1 aliphatic carbocycles. The Bertz CT molecular complexity index is 821. The third kappa shape index (κ3) is 4.76. The number of hydrogen-bond acceptors (Lipinski definition) is 4. The maximum absolute atomic E-state index is 13.5. The predicted octanol–water partition coefficient (Wildman–Crippen LogP) is 5.90. The van der Waals surface area contributed by atoms with E-state index in [0.29, 0.717) is 11.7 Å². The number of carbonyl (C=O) groups is 1. The number of benzene rings is 1. The molecule has 2 fully saturated rings. The van der Waals surface area contributed by atoms with Gasteiger partial charge >= 0.3 is 0 Å². The maximum Gasteiger partial charge on any atom is 0.274 e. The topological polar surface area (TPSA) is 54.5 Å². The maximum atomic E-state index is 13.5. The fraction of sp³-hybridized carbons (Fsp3) is 0.667. The Balaban J connectivity index is 2.00. The zero-order chi connectivity index (χ0) is 21.2. The summed E-state index contributed by atoms with van der Waals surface area (Å²) in [6.07, 6.45) is 7.95. The van der Waals surface area contributed by atoms with E-state index in [9.17, 15) is 13.2 Å². The fourth-order valence-electron chi connectivity index (χ4n) is 4.13. The average Bonchev–Trinajstić information content (AvgIpc) is 2.87. The summed E-state index contributed by atoms with van der Waals surface area (Å²) < 4.78 is 26.3. The quantitative estimate of drug-likeness (QED) is 0.458. The van der Waals surface area contributed by atoms with Gasteiger partial charge < -0.3 is 0 Å². The molecule has 1 saturated heterocycles. The summed E-state index contributed by atoms with van der Waals surface area (Å²) in [5.74, 6) is -1.14. The van der Waals surface area contributed by atoms with E-state index in [2.05, 4.69) is 6.92 Å². The van der Waals surface area contributed by atoms with Gasteiger partial charge in [-0.05, 0) is 38.3 Å². The van der Waals surface area contributed by atoms with Crippen LogP contribution in [-0.2, 0) is 14.8 Å². The Kier molecular flexibility index (Phi) is 7.51. The Labute approximate surface area is 188 Å². The smallest absolute Gasteiger partial charge is 0.270 e. The van der Waals surface area contributed by atoms with Crippen LogP contribution in [0.2, 0.25) is 0 Å². The molecule has 29 heavy (non-hydrogen) atoms. The van der Waals surface area contributed by atoms with Gasteiger partial charge in [0.1, 0.15) is 5.37 Å². The van der Waals surface area contributed by atoms with Crippen molar-refractivity contribution in [3.8, 4) is 0 Å².